The van der Waals surface area contributed by atoms with Gasteiger partial charge in [0.2, 0.25) is 5.95 Å². The highest BCUT2D eigenvalue weighted by molar-refractivity contribution is 9.10. The van der Waals surface area contributed by atoms with E-state index in [2.05, 4.69) is 43.5 Å². The van der Waals surface area contributed by atoms with Crippen molar-refractivity contribution in [2.45, 2.75) is 32.6 Å². The summed E-state index contributed by atoms with van der Waals surface area (Å²) >= 11 is 3.24. The van der Waals surface area contributed by atoms with Crippen LogP contribution in [0.2, 0.25) is 0 Å². The van der Waals surface area contributed by atoms with Gasteiger partial charge < -0.3 is 5.32 Å². The van der Waals surface area contributed by atoms with E-state index in [1.54, 1.807) is 18.6 Å². The van der Waals surface area contributed by atoms with Gasteiger partial charge in [0.25, 0.3) is 0 Å². The van der Waals surface area contributed by atoms with E-state index in [-0.39, 0.29) is 12.0 Å². The number of carbonyl (C=O) groups is 1. The van der Waals surface area contributed by atoms with Crippen molar-refractivity contribution in [3.05, 3.63) is 28.6 Å². The lowest BCUT2D eigenvalue weighted by Gasteiger charge is -2.10. The van der Waals surface area contributed by atoms with Gasteiger partial charge in [0.15, 0.2) is 0 Å². The van der Waals surface area contributed by atoms with Gasteiger partial charge in [-0.05, 0) is 41.6 Å². The van der Waals surface area contributed by atoms with Crippen LogP contribution in [-0.4, -0.2) is 16.0 Å². The summed E-state index contributed by atoms with van der Waals surface area (Å²) in [6.45, 7) is 2.06. The van der Waals surface area contributed by atoms with Crippen LogP contribution in [0.4, 0.5) is 10.7 Å². The first kappa shape index (κ1) is 14.0. The highest BCUT2D eigenvalue weighted by Gasteiger charge is 2.16. The van der Waals surface area contributed by atoms with Gasteiger partial charge in [0, 0.05) is 18.6 Å². The molecule has 1 fully saturated rings. The fraction of sp³-hybridized carbons (Fsp3) is 0.462. The summed E-state index contributed by atoms with van der Waals surface area (Å²) in [6.07, 6.45) is 9.97. The van der Waals surface area contributed by atoms with Crippen LogP contribution in [0.5, 0.6) is 0 Å². The molecule has 6 heteroatoms. The number of nitrogens with zero attached hydrogens (tertiary/aromatic N) is 2. The summed E-state index contributed by atoms with van der Waals surface area (Å²) < 4.78 is 0.774. The number of allylic oxidation sites excluding steroid dienone is 1. The predicted octanol–water partition coefficient (Wildman–Crippen LogP) is 3.45. The predicted molar refractivity (Wildman–Crippen MR) is 77.6 cm³/mol. The number of nitrogens with one attached hydrogen (secondary N) is 2. The van der Waals surface area contributed by atoms with Crippen LogP contribution in [0.25, 0.3) is 0 Å². The second-order valence-corrected chi connectivity index (χ2v) is 5.61. The van der Waals surface area contributed by atoms with Gasteiger partial charge in [-0.15, -0.1) is 0 Å². The molecule has 0 saturated heterocycles. The number of rotatable bonds is 3. The number of anilines is 1. The molecule has 0 aromatic carbocycles. The number of carbonyl (C=O) groups excluding carboxylic acids is 1. The van der Waals surface area contributed by atoms with Gasteiger partial charge in [0.05, 0.1) is 4.47 Å². The summed E-state index contributed by atoms with van der Waals surface area (Å²) in [5.41, 5.74) is 1.23. The summed E-state index contributed by atoms with van der Waals surface area (Å²) in [7, 11) is 0. The summed E-state index contributed by atoms with van der Waals surface area (Å²) in [5, 5.41) is 5.30. The van der Waals surface area contributed by atoms with Crippen LogP contribution in [0.1, 0.15) is 32.6 Å². The van der Waals surface area contributed by atoms with E-state index >= 15 is 0 Å². The van der Waals surface area contributed by atoms with Crippen molar-refractivity contribution < 1.29 is 4.79 Å². The van der Waals surface area contributed by atoms with E-state index in [0.717, 1.165) is 4.47 Å². The minimum absolute atomic E-state index is 0.285. The van der Waals surface area contributed by atoms with E-state index in [4.69, 9.17) is 0 Å². The minimum Gasteiger partial charge on any atom is -0.314 e. The minimum atomic E-state index is -0.320. The zero-order chi connectivity index (χ0) is 13.7. The molecule has 0 atom stereocenters. The fourth-order valence-electron chi connectivity index (χ4n) is 2.19. The monoisotopic (exact) mass is 324 g/mol. The molecule has 2 amide bonds. The molecule has 1 saturated carbocycles. The highest BCUT2D eigenvalue weighted by atomic mass is 79.9. The molecule has 5 nitrogen and oxygen atoms in total. The average Bonchev–Trinajstić information content (AvgIpc) is 2.93. The van der Waals surface area contributed by atoms with Gasteiger partial charge in [-0.3, -0.25) is 5.32 Å². The molecular weight excluding hydrogens is 308 g/mol. The normalized spacial score (nSPS) is 16.4. The lowest BCUT2D eigenvalue weighted by molar-refractivity contribution is 0.254. The van der Waals surface area contributed by atoms with E-state index in [1.165, 1.54) is 31.3 Å². The quantitative estimate of drug-likeness (QED) is 0.894. The third-order valence-electron chi connectivity index (χ3n) is 3.28. The molecule has 1 aliphatic rings. The smallest absolute Gasteiger partial charge is 0.314 e. The molecule has 0 radical (unpaired) electrons. The third kappa shape index (κ3) is 4.31. The lowest BCUT2D eigenvalue weighted by atomic mass is 10.0. The van der Waals surface area contributed by atoms with E-state index in [1.807, 2.05) is 0 Å². The first-order valence-electron chi connectivity index (χ1n) is 6.37. The zero-order valence-corrected chi connectivity index (χ0v) is 12.4. The third-order valence-corrected chi connectivity index (χ3v) is 3.69. The van der Waals surface area contributed by atoms with Crippen LogP contribution >= 0.6 is 15.9 Å². The van der Waals surface area contributed by atoms with Gasteiger partial charge >= 0.3 is 6.03 Å². The van der Waals surface area contributed by atoms with E-state index in [0.29, 0.717) is 5.92 Å². The highest BCUT2D eigenvalue weighted by Crippen LogP contribution is 2.30. The number of hydrogen-bond donors (Lipinski definition) is 2. The average molecular weight is 325 g/mol. The van der Waals surface area contributed by atoms with Crippen LogP contribution in [0, 0.1) is 5.92 Å². The van der Waals surface area contributed by atoms with Gasteiger partial charge in [-0.25, -0.2) is 14.8 Å². The Kier molecular flexibility index (Phi) is 4.90. The van der Waals surface area contributed by atoms with Crippen molar-refractivity contribution in [3.63, 3.8) is 0 Å². The molecule has 0 unspecified atom stereocenters. The first-order chi connectivity index (χ1) is 9.15. The van der Waals surface area contributed by atoms with Crippen molar-refractivity contribution >= 4 is 27.9 Å². The molecule has 19 heavy (non-hydrogen) atoms. The largest absolute Gasteiger partial charge is 0.325 e. The molecule has 1 aromatic heterocycles. The number of hydrogen-bond acceptors (Lipinski definition) is 3. The molecular formula is C13H17BrN4O. The molecule has 1 heterocycles. The summed E-state index contributed by atoms with van der Waals surface area (Å²) in [5.74, 6) is 0.900. The Hall–Kier alpha value is -1.43. The lowest BCUT2D eigenvalue weighted by Crippen LogP contribution is -2.25. The SMILES string of the molecule is C/C(=C\NC(=O)Nc1ncc(Br)cn1)C1CCCC1. The Morgan fingerprint density at radius 2 is 2.00 bits per heavy atom. The van der Waals surface area contributed by atoms with Crippen LogP contribution in [-0.2, 0) is 0 Å². The van der Waals surface area contributed by atoms with E-state index < -0.39 is 0 Å². The second kappa shape index (κ2) is 6.65. The number of aromatic nitrogens is 2. The standard InChI is InChI=1S/C13H17BrN4O/c1-9(10-4-2-3-5-10)6-17-13(19)18-12-15-7-11(14)8-16-12/h6-8,10H,2-5H2,1H3,(H2,15,16,17,18,19)/b9-6+. The Labute approximate surface area is 121 Å². The molecule has 2 N–H and O–H groups in total. The van der Waals surface area contributed by atoms with Gasteiger partial charge in [-0.2, -0.15) is 0 Å². The van der Waals surface area contributed by atoms with Crippen molar-refractivity contribution in [2.24, 2.45) is 5.92 Å². The number of halogens is 1. The van der Waals surface area contributed by atoms with Crippen LogP contribution in [0.15, 0.2) is 28.6 Å². The van der Waals surface area contributed by atoms with Crippen molar-refractivity contribution in [3.8, 4) is 0 Å². The molecule has 1 aliphatic carbocycles. The maximum atomic E-state index is 11.7. The molecule has 1 aromatic rings. The second-order valence-electron chi connectivity index (χ2n) is 4.69. The topological polar surface area (TPSA) is 66.9 Å². The maximum absolute atomic E-state index is 11.7. The Morgan fingerprint density at radius 1 is 1.37 bits per heavy atom. The molecule has 2 rings (SSSR count). The summed E-state index contributed by atoms with van der Waals surface area (Å²) in [4.78, 5) is 19.6. The first-order valence-corrected chi connectivity index (χ1v) is 7.16. The molecule has 0 spiro atoms. The summed E-state index contributed by atoms with van der Waals surface area (Å²) in [6, 6.07) is -0.320. The van der Waals surface area contributed by atoms with E-state index in [9.17, 15) is 4.79 Å². The Balaban J connectivity index is 1.83. The number of urea groups is 1. The van der Waals surface area contributed by atoms with Gasteiger partial charge in [0.1, 0.15) is 0 Å². The zero-order valence-electron chi connectivity index (χ0n) is 10.8. The Bertz CT molecular complexity index is 466. The van der Waals surface area contributed by atoms with Gasteiger partial charge in [-0.1, -0.05) is 18.4 Å². The Morgan fingerprint density at radius 3 is 2.63 bits per heavy atom. The van der Waals surface area contributed by atoms with Crippen LogP contribution < -0.4 is 10.6 Å². The molecule has 0 bridgehead atoms. The van der Waals surface area contributed by atoms with Crippen LogP contribution in [0.3, 0.4) is 0 Å². The van der Waals surface area contributed by atoms with Crippen molar-refractivity contribution in [1.82, 2.24) is 15.3 Å². The van der Waals surface area contributed by atoms with Crippen molar-refractivity contribution in [1.29, 1.82) is 0 Å². The number of amides is 2. The maximum Gasteiger partial charge on any atom is 0.325 e. The molecule has 0 aliphatic heterocycles. The fourth-order valence-corrected chi connectivity index (χ4v) is 2.40. The molecule has 102 valence electrons. The van der Waals surface area contributed by atoms with Crippen molar-refractivity contribution in [2.75, 3.05) is 5.32 Å².